The van der Waals surface area contributed by atoms with Crippen molar-refractivity contribution < 1.29 is 18.5 Å². The molecule has 0 spiro atoms. The molecule has 4 fully saturated rings. The van der Waals surface area contributed by atoms with Crippen molar-refractivity contribution in [3.05, 3.63) is 66.0 Å². The van der Waals surface area contributed by atoms with Crippen molar-refractivity contribution in [2.45, 2.75) is 181 Å². The Morgan fingerprint density at radius 3 is 1.59 bits per heavy atom. The molecule has 0 radical (unpaired) electrons. The molecular formula is C49H90N4O3. The summed E-state index contributed by atoms with van der Waals surface area (Å²) in [6.45, 7) is 19.5. The molecule has 1 saturated carbocycles. The van der Waals surface area contributed by atoms with E-state index in [0.717, 1.165) is 50.9 Å². The quantitative estimate of drug-likeness (QED) is 0.147. The minimum Gasteiger partial charge on any atom is -0.376 e. The van der Waals surface area contributed by atoms with Crippen LogP contribution in [-0.4, -0.2) is 68.7 Å². The van der Waals surface area contributed by atoms with E-state index in [9.17, 15) is 0 Å². The minimum absolute atomic E-state index is 0. The molecule has 3 saturated heterocycles. The summed E-state index contributed by atoms with van der Waals surface area (Å²) in [5.41, 5.74) is 2.37. The first-order valence-electron chi connectivity index (χ1n) is 23.4. The average Bonchev–Trinajstić information content (AvgIpc) is 3.26. The largest absolute Gasteiger partial charge is 0.376 e. The van der Waals surface area contributed by atoms with E-state index < -0.39 is 0 Å². The van der Waals surface area contributed by atoms with Crippen LogP contribution in [0.25, 0.3) is 0 Å². The molecule has 3 aliphatic heterocycles. The maximum Gasteiger partial charge on any atom is 0.115 e. The molecule has 324 valence electrons. The van der Waals surface area contributed by atoms with Crippen molar-refractivity contribution in [2.24, 2.45) is 23.7 Å². The molecule has 1 aromatic carbocycles. The monoisotopic (exact) mass is 783 g/mol. The van der Waals surface area contributed by atoms with Crippen LogP contribution in [0.4, 0.5) is 0 Å². The first kappa shape index (κ1) is 46.8. The van der Waals surface area contributed by atoms with E-state index in [4.69, 9.17) is 14.2 Å². The van der Waals surface area contributed by atoms with Gasteiger partial charge >= 0.3 is 0 Å². The van der Waals surface area contributed by atoms with Crippen LogP contribution in [-0.2, 0) is 14.2 Å². The van der Waals surface area contributed by atoms with Gasteiger partial charge in [0.2, 0.25) is 0 Å². The number of benzene rings is 1. The smallest absolute Gasteiger partial charge is 0.115 e. The first-order valence-corrected chi connectivity index (χ1v) is 23.4. The minimum atomic E-state index is 0. The zero-order chi connectivity index (χ0) is 39.8. The van der Waals surface area contributed by atoms with E-state index in [2.05, 4.69) is 98.9 Å². The number of nitrogens with zero attached hydrogens (tertiary/aromatic N) is 1. The van der Waals surface area contributed by atoms with Gasteiger partial charge in [-0.15, -0.1) is 0 Å². The van der Waals surface area contributed by atoms with Crippen molar-refractivity contribution in [3.8, 4) is 0 Å². The SMILES string of the molecule is CC(C)COC(C1CCCCC1)C1CCCCN1.CCC(C)COC(c1ccccc1)C1CCCCN1.CCC(C)COC(c1ccccn1)C1CCCCN1.[HH].[HH].[HH]. The van der Waals surface area contributed by atoms with E-state index >= 15 is 0 Å². The highest BCUT2D eigenvalue weighted by atomic mass is 16.5. The number of ether oxygens (including phenoxy) is 3. The summed E-state index contributed by atoms with van der Waals surface area (Å²) < 4.78 is 18.8. The third kappa shape index (κ3) is 17.2. The molecule has 3 N–H and O–H groups in total. The fourth-order valence-electron chi connectivity index (χ4n) is 8.59. The molecule has 4 heterocycles. The molecule has 8 unspecified atom stereocenters. The second-order valence-electron chi connectivity index (χ2n) is 18.0. The summed E-state index contributed by atoms with van der Waals surface area (Å²) in [6, 6.07) is 18.3. The van der Waals surface area contributed by atoms with Gasteiger partial charge in [-0.2, -0.15) is 0 Å². The van der Waals surface area contributed by atoms with Crippen molar-refractivity contribution in [1.82, 2.24) is 20.9 Å². The summed E-state index contributed by atoms with van der Waals surface area (Å²) in [5.74, 6) is 2.71. The molecule has 0 amide bonds. The van der Waals surface area contributed by atoms with Gasteiger partial charge in [-0.05, 0) is 112 Å². The Labute approximate surface area is 348 Å². The Bertz CT molecular complexity index is 1140. The van der Waals surface area contributed by atoms with Crippen molar-refractivity contribution in [2.75, 3.05) is 39.5 Å². The maximum absolute atomic E-state index is 6.32. The van der Waals surface area contributed by atoms with Crippen LogP contribution in [0.3, 0.4) is 0 Å². The van der Waals surface area contributed by atoms with Crippen LogP contribution in [0.2, 0.25) is 0 Å². The Hall–Kier alpha value is -1.87. The highest BCUT2D eigenvalue weighted by Gasteiger charge is 2.32. The summed E-state index contributed by atoms with van der Waals surface area (Å²) in [5, 5.41) is 10.9. The van der Waals surface area contributed by atoms with E-state index in [-0.39, 0.29) is 16.5 Å². The topological polar surface area (TPSA) is 76.7 Å². The van der Waals surface area contributed by atoms with E-state index in [0.29, 0.717) is 42.0 Å². The second-order valence-corrected chi connectivity index (χ2v) is 18.0. The molecule has 7 heteroatoms. The van der Waals surface area contributed by atoms with Crippen LogP contribution >= 0.6 is 0 Å². The normalized spacial score (nSPS) is 24.7. The lowest BCUT2D eigenvalue weighted by Crippen LogP contribution is -2.48. The van der Waals surface area contributed by atoms with E-state index in [1.807, 2.05) is 18.3 Å². The van der Waals surface area contributed by atoms with Crippen molar-refractivity contribution in [3.63, 3.8) is 0 Å². The Balaban J connectivity index is 0.000000432. The van der Waals surface area contributed by atoms with Crippen LogP contribution in [0, 0.1) is 23.7 Å². The van der Waals surface area contributed by atoms with E-state index in [1.165, 1.54) is 108 Å². The zero-order valence-corrected chi connectivity index (χ0v) is 36.7. The third-order valence-corrected chi connectivity index (χ3v) is 12.5. The lowest BCUT2D eigenvalue weighted by molar-refractivity contribution is -0.0390. The highest BCUT2D eigenvalue weighted by molar-refractivity contribution is 5.19. The van der Waals surface area contributed by atoms with Gasteiger partial charge in [0.25, 0.3) is 0 Å². The Kier molecular flexibility index (Phi) is 23.2. The summed E-state index contributed by atoms with van der Waals surface area (Å²) in [6.07, 6.45) is 23.6. The van der Waals surface area contributed by atoms with Gasteiger partial charge in [-0.3, -0.25) is 4.98 Å². The van der Waals surface area contributed by atoms with Gasteiger partial charge in [0.1, 0.15) is 6.10 Å². The molecule has 8 atom stereocenters. The Morgan fingerprint density at radius 1 is 0.571 bits per heavy atom. The van der Waals surface area contributed by atoms with Gasteiger partial charge in [0.15, 0.2) is 0 Å². The summed E-state index contributed by atoms with van der Waals surface area (Å²) in [4.78, 5) is 4.49. The number of hydrogen-bond donors (Lipinski definition) is 3. The number of hydrogen-bond acceptors (Lipinski definition) is 7. The molecule has 4 aliphatic rings. The molecule has 7 nitrogen and oxygen atoms in total. The van der Waals surface area contributed by atoms with Crippen LogP contribution in [0.1, 0.15) is 172 Å². The van der Waals surface area contributed by atoms with Crippen molar-refractivity contribution in [1.29, 1.82) is 0 Å². The molecule has 0 bridgehead atoms. The number of rotatable bonds is 17. The lowest BCUT2D eigenvalue weighted by Gasteiger charge is -2.38. The first-order chi connectivity index (χ1) is 27.4. The maximum atomic E-state index is 6.32. The van der Waals surface area contributed by atoms with Crippen molar-refractivity contribution >= 4 is 0 Å². The second kappa shape index (κ2) is 27.8. The predicted molar refractivity (Wildman–Crippen MR) is 241 cm³/mol. The molecule has 56 heavy (non-hydrogen) atoms. The third-order valence-electron chi connectivity index (χ3n) is 12.5. The van der Waals surface area contributed by atoms with Gasteiger partial charge in [-0.25, -0.2) is 0 Å². The number of nitrogens with one attached hydrogen (secondary N) is 3. The molecule has 2 aromatic rings. The average molecular weight is 783 g/mol. The lowest BCUT2D eigenvalue weighted by atomic mass is 9.80. The molecule has 6 rings (SSSR count). The fraction of sp³-hybridized carbons (Fsp3) is 0.776. The fourth-order valence-corrected chi connectivity index (χ4v) is 8.59. The van der Waals surface area contributed by atoms with Gasteiger partial charge in [0.05, 0.1) is 31.1 Å². The van der Waals surface area contributed by atoms with Gasteiger partial charge in [0, 0.05) is 35.2 Å². The number of pyridine rings is 1. The summed E-state index contributed by atoms with van der Waals surface area (Å²) in [7, 11) is 0. The predicted octanol–water partition coefficient (Wildman–Crippen LogP) is 11.7. The summed E-state index contributed by atoms with van der Waals surface area (Å²) >= 11 is 0. The van der Waals surface area contributed by atoms with Crippen LogP contribution in [0.5, 0.6) is 0 Å². The van der Waals surface area contributed by atoms with Gasteiger partial charge in [-0.1, -0.05) is 129 Å². The molecule has 1 aliphatic carbocycles. The zero-order valence-electron chi connectivity index (χ0n) is 36.7. The highest BCUT2D eigenvalue weighted by Crippen LogP contribution is 2.32. The standard InChI is InChI=1S/C17H27NO.C16H26N2O.C16H31NO.3H2/c1-3-14(2)13-19-17(15-9-5-4-6-10-15)16-11-7-8-12-18-16;1-3-13(2)12-19-16(14-8-4-6-10-17-14)15-9-5-7-11-18-15;1-13(2)12-18-16(14-8-4-3-5-9-14)15-10-6-7-11-17-15;;;/h4-6,9-10,14,16-18H,3,7-8,11-13H2,1-2H3;4,6,8,10,13,15-16,18H,3,5,7,9,11-12H2,1-2H3;13-17H,3-12H2,1-2H3;3*1H. The Morgan fingerprint density at radius 2 is 1.09 bits per heavy atom. The number of aromatic nitrogens is 1. The van der Waals surface area contributed by atoms with E-state index in [1.54, 1.807) is 0 Å². The number of piperidine rings is 3. The molecular weight excluding hydrogens is 693 g/mol. The van der Waals surface area contributed by atoms with Crippen LogP contribution < -0.4 is 16.0 Å². The molecule has 1 aromatic heterocycles. The van der Waals surface area contributed by atoms with Crippen LogP contribution in [0.15, 0.2) is 54.7 Å². The van der Waals surface area contributed by atoms with Gasteiger partial charge < -0.3 is 30.2 Å².